The number of thioether (sulfide) groups is 2. The molecule has 4 heteroatoms. The van der Waals surface area contributed by atoms with Crippen LogP contribution in [0, 0.1) is 0 Å². The van der Waals surface area contributed by atoms with Crippen LogP contribution in [0.1, 0.15) is 38.5 Å². The van der Waals surface area contributed by atoms with E-state index < -0.39 is 9.87 Å². The molecule has 0 saturated carbocycles. The molecule has 2 nitrogen and oxygen atoms in total. The fraction of sp³-hybridized carbons (Fsp3) is 1.00. The summed E-state index contributed by atoms with van der Waals surface area (Å²) < 4.78 is 0. The maximum atomic E-state index is 10.4. The first-order valence-electron chi connectivity index (χ1n) is 5.39. The molecule has 2 fully saturated rings. The van der Waals surface area contributed by atoms with E-state index >= 15 is 0 Å². The van der Waals surface area contributed by atoms with E-state index in [0.29, 0.717) is 0 Å². The molecular weight excluding hydrogens is 216 g/mol. The monoisotopic (exact) mass is 234 g/mol. The van der Waals surface area contributed by atoms with E-state index in [-0.39, 0.29) is 0 Å². The summed E-state index contributed by atoms with van der Waals surface area (Å²) in [4.78, 5) is -1.76. The van der Waals surface area contributed by atoms with Gasteiger partial charge in [-0.25, -0.2) is 0 Å². The molecule has 0 aromatic carbocycles. The van der Waals surface area contributed by atoms with Gasteiger partial charge in [-0.2, -0.15) is 0 Å². The van der Waals surface area contributed by atoms with E-state index in [1.807, 2.05) is 0 Å². The summed E-state index contributed by atoms with van der Waals surface area (Å²) in [6.45, 7) is 0. The number of aliphatic hydroxyl groups is 2. The summed E-state index contributed by atoms with van der Waals surface area (Å²) in [5.74, 6) is 1.97. The molecule has 2 saturated heterocycles. The summed E-state index contributed by atoms with van der Waals surface area (Å²) in [6, 6.07) is 0. The highest BCUT2D eigenvalue weighted by molar-refractivity contribution is 8.04. The molecule has 0 bridgehead atoms. The lowest BCUT2D eigenvalue weighted by Gasteiger charge is -2.46. The van der Waals surface area contributed by atoms with E-state index in [1.165, 1.54) is 12.8 Å². The third-order valence-corrected chi connectivity index (χ3v) is 6.27. The van der Waals surface area contributed by atoms with Crippen molar-refractivity contribution in [2.75, 3.05) is 11.5 Å². The van der Waals surface area contributed by atoms with Crippen molar-refractivity contribution in [2.24, 2.45) is 0 Å². The third kappa shape index (κ3) is 1.94. The van der Waals surface area contributed by atoms with Gasteiger partial charge in [-0.05, 0) is 50.0 Å². The Morgan fingerprint density at radius 1 is 0.714 bits per heavy atom. The minimum absolute atomic E-state index is 0.751. The van der Waals surface area contributed by atoms with Crippen molar-refractivity contribution in [3.8, 4) is 0 Å². The van der Waals surface area contributed by atoms with E-state index in [4.69, 9.17) is 0 Å². The van der Waals surface area contributed by atoms with E-state index in [1.54, 1.807) is 23.5 Å². The fourth-order valence-corrected chi connectivity index (χ4v) is 5.13. The zero-order chi connectivity index (χ0) is 10.1. The van der Waals surface area contributed by atoms with Crippen molar-refractivity contribution >= 4 is 23.5 Å². The molecule has 0 aliphatic carbocycles. The van der Waals surface area contributed by atoms with E-state index in [2.05, 4.69) is 0 Å². The van der Waals surface area contributed by atoms with Crippen LogP contribution in [0.3, 0.4) is 0 Å². The largest absolute Gasteiger partial charge is 0.376 e. The third-order valence-electron chi connectivity index (χ3n) is 3.11. The zero-order valence-corrected chi connectivity index (χ0v) is 10.0. The van der Waals surface area contributed by atoms with Crippen LogP contribution in [0.15, 0.2) is 0 Å². The Hall–Kier alpha value is 0.620. The molecule has 82 valence electrons. The molecule has 0 radical (unpaired) electrons. The van der Waals surface area contributed by atoms with Gasteiger partial charge in [0.05, 0.1) is 0 Å². The highest BCUT2D eigenvalue weighted by atomic mass is 32.2. The minimum Gasteiger partial charge on any atom is -0.376 e. The summed E-state index contributed by atoms with van der Waals surface area (Å²) >= 11 is 3.11. The van der Waals surface area contributed by atoms with Crippen molar-refractivity contribution in [3.63, 3.8) is 0 Å². The summed E-state index contributed by atoms with van der Waals surface area (Å²) in [7, 11) is 0. The first kappa shape index (κ1) is 11.1. The molecule has 2 aliphatic rings. The summed E-state index contributed by atoms with van der Waals surface area (Å²) in [5, 5.41) is 20.9. The lowest BCUT2D eigenvalue weighted by Crippen LogP contribution is -2.52. The zero-order valence-electron chi connectivity index (χ0n) is 8.37. The van der Waals surface area contributed by atoms with Gasteiger partial charge in [-0.3, -0.25) is 0 Å². The molecule has 14 heavy (non-hydrogen) atoms. The summed E-state index contributed by atoms with van der Waals surface area (Å²) in [6.07, 6.45) is 5.95. The predicted octanol–water partition coefficient (Wildman–Crippen LogP) is 2.20. The first-order valence-corrected chi connectivity index (χ1v) is 7.36. The average molecular weight is 234 g/mol. The molecule has 0 spiro atoms. The van der Waals surface area contributed by atoms with Crippen molar-refractivity contribution in [2.45, 2.75) is 48.4 Å². The van der Waals surface area contributed by atoms with Crippen molar-refractivity contribution in [1.82, 2.24) is 0 Å². The maximum absolute atomic E-state index is 10.4. The molecule has 2 atom stereocenters. The van der Waals surface area contributed by atoms with Gasteiger partial charge >= 0.3 is 0 Å². The van der Waals surface area contributed by atoms with Crippen LogP contribution in [0.5, 0.6) is 0 Å². The molecule has 0 amide bonds. The second-order valence-electron chi connectivity index (χ2n) is 4.18. The van der Waals surface area contributed by atoms with Crippen molar-refractivity contribution in [1.29, 1.82) is 0 Å². The quantitative estimate of drug-likeness (QED) is 0.730. The number of hydrogen-bond donors (Lipinski definition) is 2. The van der Waals surface area contributed by atoms with Gasteiger partial charge in [0.1, 0.15) is 9.87 Å². The van der Waals surface area contributed by atoms with Gasteiger partial charge in [0.2, 0.25) is 0 Å². The fourth-order valence-electron chi connectivity index (χ4n) is 2.18. The van der Waals surface area contributed by atoms with Gasteiger partial charge in [0.15, 0.2) is 0 Å². The lowest BCUT2D eigenvalue weighted by atomic mass is 10.00. The average Bonchev–Trinajstić information content (AvgIpc) is 2.20. The van der Waals surface area contributed by atoms with Gasteiger partial charge in [-0.1, -0.05) is 0 Å². The Balaban J connectivity index is 2.09. The van der Waals surface area contributed by atoms with Crippen LogP contribution >= 0.6 is 23.5 Å². The lowest BCUT2D eigenvalue weighted by molar-refractivity contribution is -0.0470. The van der Waals surface area contributed by atoms with Gasteiger partial charge in [0.25, 0.3) is 0 Å². The van der Waals surface area contributed by atoms with E-state index in [9.17, 15) is 10.2 Å². The van der Waals surface area contributed by atoms with Crippen LogP contribution < -0.4 is 0 Å². The standard InChI is InChI=1S/C10H18O2S2/c11-9(5-1-3-7-13-9)10(12)6-2-4-8-14-10/h11-12H,1-8H2. The molecule has 2 heterocycles. The molecule has 2 N–H and O–H groups in total. The highest BCUT2D eigenvalue weighted by Crippen LogP contribution is 2.51. The summed E-state index contributed by atoms with van der Waals surface area (Å²) in [5.41, 5.74) is 0. The van der Waals surface area contributed by atoms with Crippen molar-refractivity contribution in [3.05, 3.63) is 0 Å². The van der Waals surface area contributed by atoms with Crippen LogP contribution in [0.2, 0.25) is 0 Å². The van der Waals surface area contributed by atoms with Crippen LogP contribution in [0.25, 0.3) is 0 Å². The normalized spacial score (nSPS) is 45.0. The van der Waals surface area contributed by atoms with Gasteiger partial charge in [-0.15, -0.1) is 23.5 Å². The van der Waals surface area contributed by atoms with Crippen LogP contribution in [-0.4, -0.2) is 31.6 Å². The van der Waals surface area contributed by atoms with Gasteiger partial charge in [0, 0.05) is 0 Å². The van der Waals surface area contributed by atoms with Crippen LogP contribution in [0.4, 0.5) is 0 Å². The predicted molar refractivity (Wildman–Crippen MR) is 62.5 cm³/mol. The molecule has 0 aromatic rings. The SMILES string of the molecule is OC1(C2(O)CCCCS2)CCCCS1. The smallest absolute Gasteiger partial charge is 0.148 e. The second-order valence-corrected chi connectivity index (χ2v) is 6.92. The van der Waals surface area contributed by atoms with E-state index in [0.717, 1.165) is 37.2 Å². The Morgan fingerprint density at radius 2 is 1.14 bits per heavy atom. The molecule has 2 unspecified atom stereocenters. The highest BCUT2D eigenvalue weighted by Gasteiger charge is 2.51. The van der Waals surface area contributed by atoms with Gasteiger partial charge < -0.3 is 10.2 Å². The Bertz CT molecular complexity index is 174. The maximum Gasteiger partial charge on any atom is 0.148 e. The molecular formula is C10H18O2S2. The Kier molecular flexibility index (Phi) is 3.37. The molecule has 2 rings (SSSR count). The Labute approximate surface area is 93.8 Å². The topological polar surface area (TPSA) is 40.5 Å². The second kappa shape index (κ2) is 4.24. The number of rotatable bonds is 1. The number of hydrogen-bond acceptors (Lipinski definition) is 4. The molecule has 2 aliphatic heterocycles. The van der Waals surface area contributed by atoms with Crippen LogP contribution in [-0.2, 0) is 0 Å². The molecule has 0 aromatic heterocycles. The Morgan fingerprint density at radius 3 is 1.43 bits per heavy atom. The van der Waals surface area contributed by atoms with Crippen molar-refractivity contribution < 1.29 is 10.2 Å². The minimum atomic E-state index is -0.879. The first-order chi connectivity index (χ1) is 6.66.